The number of nitrogens with one attached hydrogen (secondary N) is 1. The highest BCUT2D eigenvalue weighted by atomic mass is 16.5. The largest absolute Gasteiger partial charge is 0.496 e. The number of anilines is 1. The van der Waals surface area contributed by atoms with Gasteiger partial charge >= 0.3 is 0 Å². The molecule has 2 aromatic rings. The standard InChI is InChI=1S/C31H45NO4/c1-4-5-6-7-8-9-10-11-12-13-14-15-19-22-30(33)32-27-24-28(35-2)26(23-29(27)36-3)31(34)25-20-17-16-18-21-25/h16-18,20-21,23-24H,4-15,19,22H2,1-3H3,(H,32,33). The highest BCUT2D eigenvalue weighted by Gasteiger charge is 2.19. The van der Waals surface area contributed by atoms with E-state index in [4.69, 9.17) is 9.47 Å². The molecule has 0 fully saturated rings. The first-order valence-corrected chi connectivity index (χ1v) is 13.8. The normalized spacial score (nSPS) is 10.8. The Kier molecular flexibility index (Phi) is 14.4. The van der Waals surface area contributed by atoms with Gasteiger partial charge in [-0.15, -0.1) is 0 Å². The van der Waals surface area contributed by atoms with Crippen LogP contribution in [0, 0.1) is 0 Å². The number of amides is 1. The molecule has 36 heavy (non-hydrogen) atoms. The lowest BCUT2D eigenvalue weighted by Gasteiger charge is -2.15. The number of ketones is 1. The van der Waals surface area contributed by atoms with Crippen LogP contribution in [-0.4, -0.2) is 25.9 Å². The van der Waals surface area contributed by atoms with E-state index in [0.717, 1.165) is 12.8 Å². The second-order valence-corrected chi connectivity index (χ2v) is 9.49. The van der Waals surface area contributed by atoms with E-state index in [-0.39, 0.29) is 11.7 Å². The van der Waals surface area contributed by atoms with E-state index in [2.05, 4.69) is 12.2 Å². The Morgan fingerprint density at radius 2 is 1.22 bits per heavy atom. The van der Waals surface area contributed by atoms with Crippen LogP contribution in [0.1, 0.15) is 113 Å². The highest BCUT2D eigenvalue weighted by molar-refractivity contribution is 6.11. The van der Waals surface area contributed by atoms with Gasteiger partial charge in [-0.1, -0.05) is 114 Å². The molecule has 0 aromatic heterocycles. The van der Waals surface area contributed by atoms with E-state index in [0.29, 0.717) is 34.7 Å². The van der Waals surface area contributed by atoms with Gasteiger partial charge in [0.1, 0.15) is 11.5 Å². The molecule has 5 nitrogen and oxygen atoms in total. The van der Waals surface area contributed by atoms with E-state index in [9.17, 15) is 9.59 Å². The molecule has 0 saturated heterocycles. The van der Waals surface area contributed by atoms with Crippen molar-refractivity contribution in [3.63, 3.8) is 0 Å². The quantitative estimate of drug-likeness (QED) is 0.157. The van der Waals surface area contributed by atoms with E-state index >= 15 is 0 Å². The number of methoxy groups -OCH3 is 2. The van der Waals surface area contributed by atoms with Crippen LogP contribution in [0.3, 0.4) is 0 Å². The van der Waals surface area contributed by atoms with Gasteiger partial charge in [0.25, 0.3) is 0 Å². The van der Waals surface area contributed by atoms with Crippen LogP contribution in [0.4, 0.5) is 5.69 Å². The van der Waals surface area contributed by atoms with Gasteiger partial charge in [-0.25, -0.2) is 0 Å². The summed E-state index contributed by atoms with van der Waals surface area (Å²) in [6.45, 7) is 2.26. The molecule has 0 aliphatic carbocycles. The number of carbonyl (C=O) groups excluding carboxylic acids is 2. The number of benzene rings is 2. The molecular formula is C31H45NO4. The molecule has 1 N–H and O–H groups in total. The van der Waals surface area contributed by atoms with Crippen molar-refractivity contribution in [3.05, 3.63) is 53.6 Å². The van der Waals surface area contributed by atoms with Crippen LogP contribution < -0.4 is 14.8 Å². The minimum absolute atomic E-state index is 0.0550. The summed E-state index contributed by atoms with van der Waals surface area (Å²) >= 11 is 0. The number of hydrogen-bond donors (Lipinski definition) is 1. The first kappa shape index (κ1) is 29.4. The number of unbranched alkanes of at least 4 members (excludes halogenated alkanes) is 12. The van der Waals surface area contributed by atoms with Gasteiger partial charge < -0.3 is 14.8 Å². The van der Waals surface area contributed by atoms with Gasteiger partial charge in [-0.3, -0.25) is 9.59 Å². The van der Waals surface area contributed by atoms with Crippen LogP contribution in [0.5, 0.6) is 11.5 Å². The van der Waals surface area contributed by atoms with Crippen molar-refractivity contribution in [2.24, 2.45) is 0 Å². The average Bonchev–Trinajstić information content (AvgIpc) is 2.91. The zero-order valence-corrected chi connectivity index (χ0v) is 22.6. The summed E-state index contributed by atoms with van der Waals surface area (Å²) in [5.74, 6) is 0.630. The lowest BCUT2D eigenvalue weighted by Crippen LogP contribution is -2.13. The van der Waals surface area contributed by atoms with Crippen molar-refractivity contribution in [3.8, 4) is 11.5 Å². The zero-order chi connectivity index (χ0) is 26.0. The van der Waals surface area contributed by atoms with Gasteiger partial charge in [-0.05, 0) is 12.5 Å². The second-order valence-electron chi connectivity index (χ2n) is 9.49. The molecule has 0 aliphatic rings. The smallest absolute Gasteiger partial charge is 0.224 e. The topological polar surface area (TPSA) is 64.6 Å². The summed E-state index contributed by atoms with van der Waals surface area (Å²) in [4.78, 5) is 25.5. The monoisotopic (exact) mass is 495 g/mol. The summed E-state index contributed by atoms with van der Waals surface area (Å²) in [7, 11) is 3.05. The Labute approximate surface area is 218 Å². The molecule has 0 atom stereocenters. The Balaban J connectivity index is 1.72. The van der Waals surface area contributed by atoms with Gasteiger partial charge in [0.15, 0.2) is 5.78 Å². The Bertz CT molecular complexity index is 910. The summed E-state index contributed by atoms with van der Waals surface area (Å²) in [5, 5.41) is 2.93. The number of ether oxygens (including phenoxy) is 2. The van der Waals surface area contributed by atoms with Crippen molar-refractivity contribution in [1.82, 2.24) is 0 Å². The van der Waals surface area contributed by atoms with Crippen LogP contribution >= 0.6 is 0 Å². The SMILES string of the molecule is CCCCCCCCCCCCCCCC(=O)Nc1cc(OC)c(C(=O)c2ccccc2)cc1OC. The van der Waals surface area contributed by atoms with Gasteiger partial charge in [0.05, 0.1) is 25.5 Å². The second kappa shape index (κ2) is 17.6. The fourth-order valence-electron chi connectivity index (χ4n) is 4.43. The van der Waals surface area contributed by atoms with Crippen molar-refractivity contribution in [2.45, 2.75) is 96.8 Å². The third-order valence-electron chi connectivity index (χ3n) is 6.58. The van der Waals surface area contributed by atoms with Crippen LogP contribution in [0.15, 0.2) is 42.5 Å². The predicted octanol–water partition coefficient (Wildman–Crippen LogP) is 8.35. The molecular weight excluding hydrogens is 450 g/mol. The third-order valence-corrected chi connectivity index (χ3v) is 6.58. The fourth-order valence-corrected chi connectivity index (χ4v) is 4.43. The first-order chi connectivity index (χ1) is 17.6. The molecule has 0 aliphatic heterocycles. The van der Waals surface area contributed by atoms with E-state index in [1.807, 2.05) is 18.2 Å². The Morgan fingerprint density at radius 3 is 1.75 bits per heavy atom. The van der Waals surface area contributed by atoms with Crippen molar-refractivity contribution in [2.75, 3.05) is 19.5 Å². The lowest BCUT2D eigenvalue weighted by atomic mass is 10.0. The predicted molar refractivity (Wildman–Crippen MR) is 148 cm³/mol. The van der Waals surface area contributed by atoms with Crippen LogP contribution in [0.2, 0.25) is 0 Å². The fraction of sp³-hybridized carbons (Fsp3) is 0.548. The summed E-state index contributed by atoms with van der Waals surface area (Å²) in [5.41, 5.74) is 1.48. The maximum absolute atomic E-state index is 13.0. The van der Waals surface area contributed by atoms with Crippen molar-refractivity contribution >= 4 is 17.4 Å². The molecule has 0 spiro atoms. The Morgan fingerprint density at radius 1 is 0.694 bits per heavy atom. The third kappa shape index (κ3) is 10.4. The molecule has 198 valence electrons. The molecule has 0 bridgehead atoms. The maximum atomic E-state index is 13.0. The highest BCUT2D eigenvalue weighted by Crippen LogP contribution is 2.34. The molecule has 1 amide bonds. The average molecular weight is 496 g/mol. The molecule has 0 radical (unpaired) electrons. The number of carbonyl (C=O) groups is 2. The number of rotatable bonds is 19. The van der Waals surface area contributed by atoms with Crippen molar-refractivity contribution < 1.29 is 19.1 Å². The maximum Gasteiger partial charge on any atom is 0.224 e. The molecule has 2 aromatic carbocycles. The van der Waals surface area contributed by atoms with Crippen LogP contribution in [-0.2, 0) is 4.79 Å². The zero-order valence-electron chi connectivity index (χ0n) is 22.6. The first-order valence-electron chi connectivity index (χ1n) is 13.8. The molecule has 0 unspecified atom stereocenters. The minimum Gasteiger partial charge on any atom is -0.496 e. The van der Waals surface area contributed by atoms with E-state index in [1.165, 1.54) is 84.8 Å². The van der Waals surface area contributed by atoms with E-state index in [1.54, 1.807) is 24.3 Å². The molecule has 0 heterocycles. The van der Waals surface area contributed by atoms with Crippen LogP contribution in [0.25, 0.3) is 0 Å². The lowest BCUT2D eigenvalue weighted by molar-refractivity contribution is -0.116. The van der Waals surface area contributed by atoms with Gasteiger partial charge in [0, 0.05) is 18.1 Å². The Hall–Kier alpha value is -2.82. The molecule has 0 saturated carbocycles. The summed E-state index contributed by atoms with van der Waals surface area (Å²) in [6, 6.07) is 12.3. The molecule has 5 heteroatoms. The van der Waals surface area contributed by atoms with Gasteiger partial charge in [0.2, 0.25) is 5.91 Å². The summed E-state index contributed by atoms with van der Waals surface area (Å²) < 4.78 is 10.9. The number of hydrogen-bond acceptors (Lipinski definition) is 4. The van der Waals surface area contributed by atoms with E-state index < -0.39 is 0 Å². The minimum atomic E-state index is -0.157. The van der Waals surface area contributed by atoms with Gasteiger partial charge in [-0.2, -0.15) is 0 Å². The van der Waals surface area contributed by atoms with Crippen molar-refractivity contribution in [1.29, 1.82) is 0 Å². The molecule has 2 rings (SSSR count). The summed E-state index contributed by atoms with van der Waals surface area (Å²) in [6.07, 6.45) is 17.1.